The van der Waals surface area contributed by atoms with E-state index >= 15 is 0 Å². The predicted octanol–water partition coefficient (Wildman–Crippen LogP) is 11.4. The molecule has 27 nitrogen and oxygen atoms in total. The monoisotopic (exact) mass is 1660 g/mol. The predicted molar refractivity (Wildman–Crippen MR) is 497 cm³/mol. The summed E-state index contributed by atoms with van der Waals surface area (Å²) in [5.41, 5.74) is 26.2. The van der Waals surface area contributed by atoms with Gasteiger partial charge in [0.2, 0.25) is 0 Å². The molecule has 0 unspecified atom stereocenters. The van der Waals surface area contributed by atoms with Crippen molar-refractivity contribution in [1.29, 1.82) is 0 Å². The van der Waals surface area contributed by atoms with Crippen LogP contribution in [0.25, 0.3) is 99.7 Å². The Morgan fingerprint density at radius 1 is 0.290 bits per heavy atom. The van der Waals surface area contributed by atoms with Crippen molar-refractivity contribution < 1.29 is 4.74 Å². The average molecular weight is 1660 g/mol. The molecule has 638 valence electrons. The van der Waals surface area contributed by atoms with Gasteiger partial charge in [-0.3, -0.25) is 29.6 Å². The molecule has 0 bridgehead atoms. The summed E-state index contributed by atoms with van der Waals surface area (Å²) in [6, 6.07) is 34.8. The van der Waals surface area contributed by atoms with Gasteiger partial charge in [-0.25, -0.2) is 38.0 Å². The Labute approximate surface area is 725 Å². The third-order valence-corrected chi connectivity index (χ3v) is 27.7. The molecular formula is C97H114N26O. The highest BCUT2D eigenvalue weighted by Crippen LogP contribution is 2.39. The normalized spacial score (nSPS) is 18.7. The van der Waals surface area contributed by atoms with Gasteiger partial charge in [0.05, 0.1) is 115 Å². The Hall–Kier alpha value is -11.7. The summed E-state index contributed by atoms with van der Waals surface area (Å²) in [7, 11) is 10.6. The topological polar surface area (TPSA) is 195 Å². The second kappa shape index (κ2) is 34.1. The van der Waals surface area contributed by atoms with E-state index in [4.69, 9.17) is 24.7 Å². The molecule has 124 heavy (non-hydrogen) atoms. The number of piperazine rings is 4. The minimum absolute atomic E-state index is 0.655. The third-order valence-electron chi connectivity index (χ3n) is 27.7. The number of aromatic nitrogens is 14. The highest BCUT2D eigenvalue weighted by molar-refractivity contribution is 6.02. The van der Waals surface area contributed by atoms with E-state index in [1.165, 1.54) is 143 Å². The van der Waals surface area contributed by atoms with Gasteiger partial charge in [0.15, 0.2) is 22.6 Å². The number of ether oxygens (including phenoxy) is 1. The molecule has 0 N–H and O–H groups in total. The number of methoxy groups -OCH3 is 1. The van der Waals surface area contributed by atoms with E-state index in [2.05, 4.69) is 275 Å². The smallest absolute Gasteiger partial charge is 0.162 e. The molecule has 8 aliphatic rings. The summed E-state index contributed by atoms with van der Waals surface area (Å²) in [6.07, 6.45) is 27.9. The van der Waals surface area contributed by atoms with Crippen LogP contribution in [0.1, 0.15) is 33.4 Å². The van der Waals surface area contributed by atoms with Crippen molar-refractivity contribution in [3.8, 4) is 50.3 Å². The lowest BCUT2D eigenvalue weighted by atomic mass is 9.97. The molecule has 8 saturated heterocycles. The lowest BCUT2D eigenvalue weighted by Gasteiger charge is -2.48. The van der Waals surface area contributed by atoms with Gasteiger partial charge in [-0.1, -0.05) is 48.0 Å². The van der Waals surface area contributed by atoms with Crippen molar-refractivity contribution in [1.82, 2.24) is 108 Å². The Morgan fingerprint density at radius 3 is 1.04 bits per heavy atom. The van der Waals surface area contributed by atoms with Crippen LogP contribution in [0.2, 0.25) is 0 Å². The Kier molecular flexibility index (Phi) is 22.2. The van der Waals surface area contributed by atoms with E-state index in [-0.39, 0.29) is 0 Å². The second-order valence-electron chi connectivity index (χ2n) is 36.0. The highest BCUT2D eigenvalue weighted by atomic mass is 16.5. The van der Waals surface area contributed by atoms with Crippen LogP contribution < -0.4 is 24.3 Å². The van der Waals surface area contributed by atoms with Gasteiger partial charge in [0.25, 0.3) is 0 Å². The largest absolute Gasteiger partial charge is 0.496 e. The van der Waals surface area contributed by atoms with Crippen LogP contribution >= 0.6 is 0 Å². The number of rotatable bonds is 13. The lowest BCUT2D eigenvalue weighted by Crippen LogP contribution is -2.63. The summed E-state index contributed by atoms with van der Waals surface area (Å²) < 4.78 is 13.2. The van der Waals surface area contributed by atoms with Crippen molar-refractivity contribution in [3.05, 3.63) is 211 Å². The van der Waals surface area contributed by atoms with Crippen LogP contribution in [-0.2, 0) is 0 Å². The van der Waals surface area contributed by atoms with Crippen molar-refractivity contribution in [3.63, 3.8) is 0 Å². The molecule has 0 saturated carbocycles. The zero-order chi connectivity index (χ0) is 84.5. The molecule has 8 aliphatic heterocycles. The van der Waals surface area contributed by atoms with Crippen LogP contribution in [-0.4, -0.2) is 324 Å². The summed E-state index contributed by atoms with van der Waals surface area (Å²) in [6.45, 7) is 40.1. The number of hydrogen-bond donors (Lipinski definition) is 0. The minimum Gasteiger partial charge on any atom is -0.496 e. The number of hydrogen-bond acceptors (Lipinski definition) is 23. The number of fused-ring (bicyclic) bond motifs is 7. The molecule has 0 spiro atoms. The molecule has 27 heteroatoms. The van der Waals surface area contributed by atoms with Crippen molar-refractivity contribution in [2.45, 2.75) is 65.7 Å². The van der Waals surface area contributed by atoms with Crippen molar-refractivity contribution in [2.24, 2.45) is 0 Å². The summed E-state index contributed by atoms with van der Waals surface area (Å²) >= 11 is 0. The first-order chi connectivity index (χ1) is 60.4. The molecule has 23 rings (SSSR count). The maximum Gasteiger partial charge on any atom is 0.162 e. The highest BCUT2D eigenvalue weighted by Gasteiger charge is 2.38. The standard InChI is InChI=1S/C25H29N7.C25H28N6.C24H27N7.C23H30N6O/c1-17-10-22-21(4-5-26-24(22)11-18(17)2)23-13-28-32-16-19(12-27-25(23)32)31-14-20(15-31)30-8-6-29(3)7-9-30;1-18-5-3-7-22-21(18)6-4-8-23(22)24-14-27-31-17-19(13-26-25(24)31)30-15-20(16-30)29-11-9-28(2)10-12-29;1-17-3-4-23-21(11-17)20(5-6-25-23)22-13-27-31-16-18(12-26-24(22)31)30-14-19(15-30)29-9-7-28(2)8-10-29;1-16-9-18(10-17(2)22(16)30-4)21-12-25-29-15-19(11-24-23(21)29)28-13-20(14-28)27-7-5-26(3)6-8-27/h4-5,10-13,16,20H,6-9,14-15H2,1-3H3;3-8,13-14,17,20H,9-12,15-16H2,1-2H3;3-6,11-13,16,19H,7-10,14-15H2,1-2H3;9-12,15,20H,5-8,13-14H2,1-4H3. The number of benzene rings is 5. The van der Waals surface area contributed by atoms with Gasteiger partial charge in [0.1, 0.15) is 5.75 Å². The zero-order valence-electron chi connectivity index (χ0n) is 73.6. The molecule has 0 atom stereocenters. The summed E-state index contributed by atoms with van der Waals surface area (Å²) in [5.74, 6) is 0.943. The fourth-order valence-corrected chi connectivity index (χ4v) is 19.5. The molecule has 15 aromatic rings. The maximum atomic E-state index is 5.51. The van der Waals surface area contributed by atoms with Crippen molar-refractivity contribution in [2.75, 3.05) is 212 Å². The first-order valence-corrected chi connectivity index (χ1v) is 44.3. The molecule has 5 aromatic carbocycles. The van der Waals surface area contributed by atoms with E-state index in [0.29, 0.717) is 24.2 Å². The Bertz CT molecular complexity index is 6250. The number of likely N-dealkylation sites (N-methyl/N-ethyl adjacent to an activating group) is 4. The molecule has 0 amide bonds. The van der Waals surface area contributed by atoms with E-state index in [1.54, 1.807) is 7.11 Å². The molecule has 0 radical (unpaired) electrons. The molecule has 8 fully saturated rings. The minimum atomic E-state index is 0.655. The zero-order valence-corrected chi connectivity index (χ0v) is 73.6. The first-order valence-electron chi connectivity index (χ1n) is 44.3. The number of aryl methyl sites for hydroxylation is 6. The maximum absolute atomic E-state index is 5.51. The first kappa shape index (κ1) is 80.7. The Morgan fingerprint density at radius 2 is 0.637 bits per heavy atom. The summed E-state index contributed by atoms with van der Waals surface area (Å²) in [4.78, 5) is 58.2. The lowest BCUT2D eigenvalue weighted by molar-refractivity contribution is 0.0963. The summed E-state index contributed by atoms with van der Waals surface area (Å²) in [5, 5.41) is 23.4. The molecule has 0 aliphatic carbocycles. The van der Waals surface area contributed by atoms with Crippen LogP contribution in [0.15, 0.2) is 178 Å². The van der Waals surface area contributed by atoms with E-state index in [1.807, 2.05) is 80.0 Å². The van der Waals surface area contributed by atoms with Crippen LogP contribution in [0.3, 0.4) is 0 Å². The number of nitrogens with zero attached hydrogens (tertiary/aromatic N) is 26. The molecule has 18 heterocycles. The molecular weight excluding hydrogens is 1550 g/mol. The van der Waals surface area contributed by atoms with Crippen LogP contribution in [0.4, 0.5) is 22.7 Å². The van der Waals surface area contributed by atoms with Crippen LogP contribution in [0, 0.1) is 41.5 Å². The third kappa shape index (κ3) is 16.0. The van der Waals surface area contributed by atoms with Gasteiger partial charge in [-0.2, -0.15) is 20.4 Å². The van der Waals surface area contributed by atoms with Gasteiger partial charge < -0.3 is 43.9 Å². The van der Waals surface area contributed by atoms with E-state index in [9.17, 15) is 0 Å². The fourth-order valence-electron chi connectivity index (χ4n) is 19.5. The fraction of sp³-hybridized carbons (Fsp3) is 0.402. The second-order valence-corrected chi connectivity index (χ2v) is 36.0. The SMILES string of the molecule is COc1c(C)cc(-c2cnn3cc(N4CC(N5CCN(C)CC5)C4)cnc23)cc1C.Cc1cc2nccc(-c3cnn4cc(N5CC(N6CCN(C)CC6)C5)cnc34)c2cc1C.Cc1ccc2nccc(-c3cnn4cc(N5CC(N6CCN(C)CC6)C5)cnc34)c2c1.Cc1cccc2c(-c3cnn4cc(N5CC(N6CCN(C)CC6)C5)cnc34)cccc12. The van der Waals surface area contributed by atoms with Gasteiger partial charge in [0, 0.05) is 227 Å². The number of anilines is 4. The molecule has 10 aromatic heterocycles. The van der Waals surface area contributed by atoms with E-state index < -0.39 is 0 Å². The van der Waals surface area contributed by atoms with Crippen molar-refractivity contribution >= 4 is 77.9 Å². The van der Waals surface area contributed by atoms with Gasteiger partial charge in [-0.05, 0) is 179 Å². The number of pyridine rings is 2. The quantitative estimate of drug-likeness (QED) is 0.106. The van der Waals surface area contributed by atoms with Crippen LogP contribution in [0.5, 0.6) is 5.75 Å². The Balaban J connectivity index is 0.000000105. The van der Waals surface area contributed by atoms with Gasteiger partial charge >= 0.3 is 0 Å². The average Bonchev–Trinajstić information content (AvgIpc) is 1.26. The van der Waals surface area contributed by atoms with Gasteiger partial charge in [-0.15, -0.1) is 0 Å². The van der Waals surface area contributed by atoms with E-state index in [0.717, 1.165) is 175 Å².